The van der Waals surface area contributed by atoms with E-state index in [-0.39, 0.29) is 5.75 Å². The molecule has 0 bridgehead atoms. The summed E-state index contributed by atoms with van der Waals surface area (Å²) < 4.78 is 42.5. The van der Waals surface area contributed by atoms with Crippen molar-refractivity contribution in [3.8, 4) is 5.75 Å². The molecule has 1 heterocycles. The van der Waals surface area contributed by atoms with Crippen LogP contribution in [0.25, 0.3) is 0 Å². The molecule has 1 aliphatic rings. The summed E-state index contributed by atoms with van der Waals surface area (Å²) in [6.07, 6.45) is -4.67. The van der Waals surface area contributed by atoms with Crippen LogP contribution >= 0.6 is 15.9 Å². The zero-order chi connectivity index (χ0) is 15.7. The highest BCUT2D eigenvalue weighted by Crippen LogP contribution is 2.31. The molecule has 1 aliphatic heterocycles. The number of nitrogens with zero attached hydrogens (tertiary/aromatic N) is 1. The number of ether oxygens (including phenoxy) is 1. The average molecular weight is 372 g/mol. The summed E-state index contributed by atoms with van der Waals surface area (Å²) in [6.45, 7) is 1.86. The number of rotatable bonds is 3. The predicted molar refractivity (Wildman–Crippen MR) is 80.2 cm³/mol. The van der Waals surface area contributed by atoms with Crippen molar-refractivity contribution < 1.29 is 17.9 Å². The fourth-order valence-corrected chi connectivity index (χ4v) is 3.05. The zero-order valence-electron chi connectivity index (χ0n) is 11.5. The van der Waals surface area contributed by atoms with E-state index in [0.717, 1.165) is 17.6 Å². The van der Waals surface area contributed by atoms with E-state index in [0.29, 0.717) is 12.1 Å². The Morgan fingerprint density at radius 3 is 2.55 bits per heavy atom. The van der Waals surface area contributed by atoms with Gasteiger partial charge >= 0.3 is 6.36 Å². The molecule has 2 aromatic carbocycles. The number of hydrogen-bond donors (Lipinski definition) is 0. The highest BCUT2D eigenvalue weighted by Gasteiger charge is 2.32. The molecule has 0 aliphatic carbocycles. The van der Waals surface area contributed by atoms with Crippen LogP contribution in [0, 0.1) is 0 Å². The van der Waals surface area contributed by atoms with Crippen LogP contribution in [-0.2, 0) is 19.6 Å². The van der Waals surface area contributed by atoms with Gasteiger partial charge in [-0.15, -0.1) is 13.2 Å². The fraction of sp³-hybridized carbons (Fsp3) is 0.250. The molecule has 0 saturated carbocycles. The molecule has 6 heteroatoms. The predicted octanol–water partition coefficient (Wildman–Crippen LogP) is 4.86. The number of benzene rings is 2. The summed E-state index contributed by atoms with van der Waals surface area (Å²) >= 11 is 3.43. The molecule has 116 valence electrons. The van der Waals surface area contributed by atoms with E-state index in [4.69, 9.17) is 0 Å². The third-order valence-corrected chi connectivity index (χ3v) is 4.04. The molecule has 22 heavy (non-hydrogen) atoms. The maximum Gasteiger partial charge on any atom is 0.573 e. The van der Waals surface area contributed by atoms with Gasteiger partial charge in [0.25, 0.3) is 0 Å². The summed E-state index contributed by atoms with van der Waals surface area (Å²) in [5, 5.41) is 0. The van der Waals surface area contributed by atoms with Crippen LogP contribution in [0.3, 0.4) is 0 Å². The van der Waals surface area contributed by atoms with Crippen molar-refractivity contribution in [3.05, 3.63) is 63.6 Å². The average Bonchev–Trinajstić information content (AvgIpc) is 2.81. The van der Waals surface area contributed by atoms with E-state index in [1.54, 1.807) is 18.2 Å². The minimum atomic E-state index is -4.67. The Morgan fingerprint density at radius 2 is 1.77 bits per heavy atom. The van der Waals surface area contributed by atoms with Crippen molar-refractivity contribution in [1.29, 1.82) is 0 Å². The lowest BCUT2D eigenvalue weighted by Crippen LogP contribution is -2.20. The quantitative estimate of drug-likeness (QED) is 0.763. The van der Waals surface area contributed by atoms with Gasteiger partial charge in [-0.05, 0) is 29.3 Å². The Balaban J connectivity index is 1.75. The summed E-state index contributed by atoms with van der Waals surface area (Å²) in [4.78, 5) is 2.09. The minimum absolute atomic E-state index is 0.132. The number of alkyl halides is 3. The van der Waals surface area contributed by atoms with Gasteiger partial charge in [-0.3, -0.25) is 4.90 Å². The summed E-state index contributed by atoms with van der Waals surface area (Å²) in [5.74, 6) is -0.132. The second-order valence-corrected chi connectivity index (χ2v) is 6.13. The topological polar surface area (TPSA) is 12.5 Å². The SMILES string of the molecule is FC(F)(F)Oc1ccccc1CN1Cc2ccc(Br)cc2C1. The van der Waals surface area contributed by atoms with E-state index in [1.165, 1.54) is 17.2 Å². The summed E-state index contributed by atoms with van der Waals surface area (Å²) in [7, 11) is 0. The highest BCUT2D eigenvalue weighted by atomic mass is 79.9. The van der Waals surface area contributed by atoms with Gasteiger partial charge in [0, 0.05) is 29.7 Å². The van der Waals surface area contributed by atoms with Crippen molar-refractivity contribution in [2.24, 2.45) is 0 Å². The lowest BCUT2D eigenvalue weighted by molar-refractivity contribution is -0.275. The van der Waals surface area contributed by atoms with E-state index in [2.05, 4.69) is 25.6 Å². The minimum Gasteiger partial charge on any atom is -0.405 e. The Kier molecular flexibility index (Phi) is 4.14. The van der Waals surface area contributed by atoms with Gasteiger partial charge in [0.1, 0.15) is 5.75 Å². The van der Waals surface area contributed by atoms with Crippen molar-refractivity contribution >= 4 is 15.9 Å². The molecule has 0 spiro atoms. The standard InChI is InChI=1S/C16H13BrF3NO/c17-14-6-5-11-8-21(10-13(11)7-14)9-12-3-1-2-4-15(12)22-16(18,19)20/h1-7H,8-10H2. The van der Waals surface area contributed by atoms with Gasteiger partial charge < -0.3 is 4.74 Å². The molecule has 2 nitrogen and oxygen atoms in total. The molecule has 0 saturated heterocycles. The lowest BCUT2D eigenvalue weighted by Gasteiger charge is -2.18. The van der Waals surface area contributed by atoms with E-state index >= 15 is 0 Å². The van der Waals surface area contributed by atoms with Crippen molar-refractivity contribution in [1.82, 2.24) is 4.90 Å². The molecule has 0 aromatic heterocycles. The van der Waals surface area contributed by atoms with Crippen LogP contribution in [-0.4, -0.2) is 11.3 Å². The van der Waals surface area contributed by atoms with E-state index in [9.17, 15) is 13.2 Å². The Hall–Kier alpha value is -1.53. The molecular weight excluding hydrogens is 359 g/mol. The number of para-hydroxylation sites is 1. The molecule has 3 rings (SSSR count). The first kappa shape index (κ1) is 15.4. The van der Waals surface area contributed by atoms with Crippen molar-refractivity contribution in [2.75, 3.05) is 0 Å². The Bertz CT molecular complexity index is 687. The Labute approximate surface area is 134 Å². The van der Waals surface area contributed by atoms with Gasteiger partial charge in [-0.2, -0.15) is 0 Å². The van der Waals surface area contributed by atoms with Crippen LogP contribution in [0.4, 0.5) is 13.2 Å². The molecule has 0 fully saturated rings. The molecule has 2 aromatic rings. The second-order valence-electron chi connectivity index (χ2n) is 5.21. The smallest absolute Gasteiger partial charge is 0.405 e. The van der Waals surface area contributed by atoms with Gasteiger partial charge in [0.2, 0.25) is 0 Å². The van der Waals surface area contributed by atoms with E-state index < -0.39 is 6.36 Å². The monoisotopic (exact) mass is 371 g/mol. The zero-order valence-corrected chi connectivity index (χ0v) is 13.1. The van der Waals surface area contributed by atoms with Crippen LogP contribution in [0.5, 0.6) is 5.75 Å². The molecule has 0 amide bonds. The second kappa shape index (κ2) is 5.93. The molecule has 0 N–H and O–H groups in total. The molecule has 0 atom stereocenters. The van der Waals surface area contributed by atoms with Crippen LogP contribution in [0.2, 0.25) is 0 Å². The first-order chi connectivity index (χ1) is 10.4. The first-order valence-corrected chi connectivity index (χ1v) is 7.53. The van der Waals surface area contributed by atoms with Crippen LogP contribution in [0.15, 0.2) is 46.9 Å². The van der Waals surface area contributed by atoms with Gasteiger partial charge in [0.15, 0.2) is 0 Å². The molecule has 0 radical (unpaired) electrons. The third kappa shape index (κ3) is 3.62. The fourth-order valence-electron chi connectivity index (χ4n) is 2.65. The van der Waals surface area contributed by atoms with Gasteiger partial charge in [-0.1, -0.05) is 40.2 Å². The number of hydrogen-bond acceptors (Lipinski definition) is 2. The third-order valence-electron chi connectivity index (χ3n) is 3.55. The first-order valence-electron chi connectivity index (χ1n) is 6.74. The van der Waals surface area contributed by atoms with E-state index in [1.807, 2.05) is 18.2 Å². The highest BCUT2D eigenvalue weighted by molar-refractivity contribution is 9.10. The normalized spacial score (nSPS) is 14.9. The lowest BCUT2D eigenvalue weighted by atomic mass is 10.1. The van der Waals surface area contributed by atoms with Gasteiger partial charge in [0.05, 0.1) is 0 Å². The summed E-state index contributed by atoms with van der Waals surface area (Å²) in [5.41, 5.74) is 2.94. The van der Waals surface area contributed by atoms with Crippen molar-refractivity contribution in [2.45, 2.75) is 26.0 Å². The van der Waals surface area contributed by atoms with Crippen molar-refractivity contribution in [3.63, 3.8) is 0 Å². The molecule has 0 unspecified atom stereocenters. The maximum atomic E-state index is 12.5. The number of fused-ring (bicyclic) bond motifs is 1. The van der Waals surface area contributed by atoms with Crippen LogP contribution < -0.4 is 4.74 Å². The molecular formula is C16H13BrF3NO. The Morgan fingerprint density at radius 1 is 1.05 bits per heavy atom. The number of halogens is 4. The largest absolute Gasteiger partial charge is 0.573 e. The van der Waals surface area contributed by atoms with Crippen LogP contribution in [0.1, 0.15) is 16.7 Å². The summed E-state index contributed by atoms with van der Waals surface area (Å²) in [6, 6.07) is 12.3. The van der Waals surface area contributed by atoms with Gasteiger partial charge in [-0.25, -0.2) is 0 Å². The maximum absolute atomic E-state index is 12.5.